The summed E-state index contributed by atoms with van der Waals surface area (Å²) in [6.07, 6.45) is 4.49. The average molecular weight is 433 g/mol. The minimum Gasteiger partial charge on any atom is -0.496 e. The standard InChI is InChI=1S/C24H28N6O2/c1-15-14-21-26-16(2)18(17(3)30(21)28-15)10-11-22(31)27-23(24-25-12-13-29(24)4)19-8-6-7-9-20(19)32-5/h6-9,12-14,23H,10-11H2,1-5H3,(H,27,31). The smallest absolute Gasteiger partial charge is 0.221 e. The van der Waals surface area contributed by atoms with Gasteiger partial charge in [0.2, 0.25) is 5.91 Å². The Bertz CT molecular complexity index is 1270. The number of carbonyl (C=O) groups excluding carboxylic acids is 1. The first-order valence-electron chi connectivity index (χ1n) is 10.6. The molecule has 166 valence electrons. The van der Waals surface area contributed by atoms with Crippen LogP contribution in [0.15, 0.2) is 42.7 Å². The molecule has 4 rings (SSSR count). The molecule has 3 heterocycles. The predicted octanol–water partition coefficient (Wildman–Crippen LogP) is 3.24. The highest BCUT2D eigenvalue weighted by Crippen LogP contribution is 2.29. The van der Waals surface area contributed by atoms with Crippen LogP contribution < -0.4 is 10.1 Å². The monoisotopic (exact) mass is 432 g/mol. The molecule has 8 heteroatoms. The first kappa shape index (κ1) is 21.5. The van der Waals surface area contributed by atoms with Gasteiger partial charge in [-0.15, -0.1) is 0 Å². The Morgan fingerprint density at radius 1 is 1.22 bits per heavy atom. The van der Waals surface area contributed by atoms with Crippen molar-refractivity contribution in [3.05, 3.63) is 76.8 Å². The number of ether oxygens (including phenoxy) is 1. The van der Waals surface area contributed by atoms with Crippen molar-refractivity contribution >= 4 is 11.6 Å². The summed E-state index contributed by atoms with van der Waals surface area (Å²) in [5, 5.41) is 7.68. The van der Waals surface area contributed by atoms with Gasteiger partial charge in [-0.3, -0.25) is 4.79 Å². The number of rotatable bonds is 7. The van der Waals surface area contributed by atoms with Crippen LogP contribution in [0.1, 0.15) is 46.5 Å². The molecular weight excluding hydrogens is 404 g/mol. The van der Waals surface area contributed by atoms with Gasteiger partial charge in [0.05, 0.1) is 12.8 Å². The van der Waals surface area contributed by atoms with Gasteiger partial charge < -0.3 is 14.6 Å². The molecule has 1 unspecified atom stereocenters. The number of amides is 1. The molecule has 0 fully saturated rings. The van der Waals surface area contributed by atoms with Gasteiger partial charge in [0.25, 0.3) is 0 Å². The second-order valence-corrected chi connectivity index (χ2v) is 7.96. The summed E-state index contributed by atoms with van der Waals surface area (Å²) in [7, 11) is 3.54. The van der Waals surface area contributed by atoms with Crippen molar-refractivity contribution in [2.45, 2.75) is 39.7 Å². The quantitative estimate of drug-likeness (QED) is 0.485. The van der Waals surface area contributed by atoms with Gasteiger partial charge in [0.15, 0.2) is 5.65 Å². The molecule has 1 N–H and O–H groups in total. The van der Waals surface area contributed by atoms with Crippen molar-refractivity contribution < 1.29 is 9.53 Å². The van der Waals surface area contributed by atoms with Crippen LogP contribution in [-0.2, 0) is 18.3 Å². The van der Waals surface area contributed by atoms with E-state index in [0.29, 0.717) is 18.6 Å². The molecule has 0 aliphatic carbocycles. The zero-order valence-electron chi connectivity index (χ0n) is 19.1. The largest absolute Gasteiger partial charge is 0.496 e. The van der Waals surface area contributed by atoms with Crippen LogP contribution in [0.25, 0.3) is 5.65 Å². The molecule has 0 bridgehead atoms. The van der Waals surface area contributed by atoms with Crippen molar-refractivity contribution in [2.75, 3.05) is 7.11 Å². The van der Waals surface area contributed by atoms with E-state index in [-0.39, 0.29) is 5.91 Å². The van der Waals surface area contributed by atoms with E-state index >= 15 is 0 Å². The van der Waals surface area contributed by atoms with E-state index in [9.17, 15) is 4.79 Å². The number of imidazole rings is 1. The molecule has 1 atom stereocenters. The number of hydrogen-bond acceptors (Lipinski definition) is 5. The molecule has 3 aromatic heterocycles. The van der Waals surface area contributed by atoms with E-state index in [4.69, 9.17) is 4.74 Å². The third kappa shape index (κ3) is 4.08. The van der Waals surface area contributed by atoms with Crippen molar-refractivity contribution in [3.8, 4) is 5.75 Å². The first-order valence-corrected chi connectivity index (χ1v) is 10.6. The maximum Gasteiger partial charge on any atom is 0.221 e. The van der Waals surface area contributed by atoms with Gasteiger partial charge in [-0.25, -0.2) is 14.5 Å². The second-order valence-electron chi connectivity index (χ2n) is 7.96. The highest BCUT2D eigenvalue weighted by atomic mass is 16.5. The fourth-order valence-electron chi connectivity index (χ4n) is 4.12. The number of nitrogens with one attached hydrogen (secondary N) is 1. The third-order valence-electron chi connectivity index (χ3n) is 5.76. The molecule has 0 aliphatic rings. The Labute approximate surface area is 187 Å². The topological polar surface area (TPSA) is 86.3 Å². The molecule has 1 amide bonds. The van der Waals surface area contributed by atoms with Crippen molar-refractivity contribution in [2.24, 2.45) is 7.05 Å². The molecule has 4 aromatic rings. The van der Waals surface area contributed by atoms with Crippen LogP contribution in [0, 0.1) is 20.8 Å². The SMILES string of the molecule is COc1ccccc1C(NC(=O)CCc1c(C)nc2cc(C)nn2c1C)c1nccn1C. The average Bonchev–Trinajstić information content (AvgIpc) is 3.36. The number of aryl methyl sites for hydroxylation is 4. The van der Waals surface area contributed by atoms with Gasteiger partial charge in [-0.2, -0.15) is 5.10 Å². The summed E-state index contributed by atoms with van der Waals surface area (Å²) in [4.78, 5) is 22.2. The lowest BCUT2D eigenvalue weighted by molar-refractivity contribution is -0.121. The highest BCUT2D eigenvalue weighted by Gasteiger charge is 2.24. The zero-order chi connectivity index (χ0) is 22.8. The number of benzene rings is 1. The van der Waals surface area contributed by atoms with Crippen molar-refractivity contribution in [1.82, 2.24) is 29.5 Å². The van der Waals surface area contributed by atoms with Gasteiger partial charge in [0.1, 0.15) is 17.6 Å². The Balaban J connectivity index is 1.57. The van der Waals surface area contributed by atoms with Crippen molar-refractivity contribution in [1.29, 1.82) is 0 Å². The molecule has 0 saturated carbocycles. The van der Waals surface area contributed by atoms with Crippen molar-refractivity contribution in [3.63, 3.8) is 0 Å². The number of para-hydroxylation sites is 1. The maximum absolute atomic E-state index is 13.1. The van der Waals surface area contributed by atoms with E-state index < -0.39 is 6.04 Å². The Morgan fingerprint density at radius 3 is 2.72 bits per heavy atom. The molecule has 8 nitrogen and oxygen atoms in total. The minimum absolute atomic E-state index is 0.0700. The van der Waals surface area contributed by atoms with Gasteiger partial charge in [-0.1, -0.05) is 18.2 Å². The van der Waals surface area contributed by atoms with E-state index in [1.54, 1.807) is 13.3 Å². The van der Waals surface area contributed by atoms with Crippen LogP contribution >= 0.6 is 0 Å². The van der Waals surface area contributed by atoms with E-state index in [2.05, 4.69) is 20.4 Å². The number of methoxy groups -OCH3 is 1. The number of fused-ring (bicyclic) bond motifs is 1. The number of hydrogen-bond donors (Lipinski definition) is 1. The molecular formula is C24H28N6O2. The fourth-order valence-corrected chi connectivity index (χ4v) is 4.12. The molecule has 0 spiro atoms. The van der Waals surface area contributed by atoms with Crippen LogP contribution in [0.2, 0.25) is 0 Å². The number of nitrogens with zero attached hydrogens (tertiary/aromatic N) is 5. The Morgan fingerprint density at radius 2 is 2.00 bits per heavy atom. The lowest BCUT2D eigenvalue weighted by Gasteiger charge is -2.21. The molecule has 1 aromatic carbocycles. The Kier molecular flexibility index (Phi) is 5.94. The molecule has 0 saturated heterocycles. The summed E-state index contributed by atoms with van der Waals surface area (Å²) in [5.74, 6) is 1.38. The van der Waals surface area contributed by atoms with Gasteiger partial charge in [-0.05, 0) is 38.8 Å². The van der Waals surface area contributed by atoms with Crippen LogP contribution in [0.3, 0.4) is 0 Å². The summed E-state index contributed by atoms with van der Waals surface area (Å²) < 4.78 is 9.30. The summed E-state index contributed by atoms with van der Waals surface area (Å²) in [6.45, 7) is 5.95. The molecule has 0 radical (unpaired) electrons. The van der Waals surface area contributed by atoms with E-state index in [1.165, 1.54) is 0 Å². The molecule has 0 aliphatic heterocycles. The fraction of sp³-hybridized carbons (Fsp3) is 0.333. The third-order valence-corrected chi connectivity index (χ3v) is 5.76. The summed E-state index contributed by atoms with van der Waals surface area (Å²) in [6, 6.07) is 9.21. The highest BCUT2D eigenvalue weighted by molar-refractivity contribution is 5.77. The van der Waals surface area contributed by atoms with Gasteiger partial charge in [0, 0.05) is 48.9 Å². The predicted molar refractivity (Wildman–Crippen MR) is 122 cm³/mol. The second kappa shape index (κ2) is 8.82. The van der Waals surface area contributed by atoms with Crippen LogP contribution in [0.4, 0.5) is 0 Å². The van der Waals surface area contributed by atoms with Crippen LogP contribution in [-0.4, -0.2) is 37.2 Å². The number of carbonyl (C=O) groups is 1. The van der Waals surface area contributed by atoms with Gasteiger partial charge >= 0.3 is 0 Å². The van der Waals surface area contributed by atoms with Crippen LogP contribution in [0.5, 0.6) is 5.75 Å². The summed E-state index contributed by atoms with van der Waals surface area (Å²) >= 11 is 0. The number of aromatic nitrogens is 5. The normalized spacial score (nSPS) is 12.2. The van der Waals surface area contributed by atoms with E-state index in [1.807, 2.05) is 73.4 Å². The molecule has 32 heavy (non-hydrogen) atoms. The maximum atomic E-state index is 13.1. The Hall–Kier alpha value is -3.68. The summed E-state index contributed by atoms with van der Waals surface area (Å²) in [5.41, 5.74) is 5.59. The minimum atomic E-state index is -0.421. The van der Waals surface area contributed by atoms with E-state index in [0.717, 1.165) is 39.7 Å². The lowest BCUT2D eigenvalue weighted by Crippen LogP contribution is -2.31. The lowest BCUT2D eigenvalue weighted by atomic mass is 10.0. The first-order chi connectivity index (χ1) is 15.4. The zero-order valence-corrected chi connectivity index (χ0v) is 19.1.